The smallest absolute Gasteiger partial charge is 0.147 e. The van der Waals surface area contributed by atoms with E-state index < -0.39 is 0 Å². The second kappa shape index (κ2) is 5.14. The Labute approximate surface area is 102 Å². The molecule has 0 saturated carbocycles. The fourth-order valence-corrected chi connectivity index (χ4v) is 2.52. The molecule has 0 amide bonds. The molecule has 0 aromatic carbocycles. The van der Waals surface area contributed by atoms with E-state index in [4.69, 9.17) is 4.74 Å². The van der Waals surface area contributed by atoms with Gasteiger partial charge in [0, 0.05) is 6.61 Å². The molecule has 1 aromatic heterocycles. The van der Waals surface area contributed by atoms with Crippen LogP contribution in [0.4, 0.5) is 0 Å². The van der Waals surface area contributed by atoms with Gasteiger partial charge in [-0.15, -0.1) is 10.2 Å². The Bertz CT molecular complexity index is 355. The molecule has 0 N–H and O–H groups in total. The third-order valence-electron chi connectivity index (χ3n) is 3.70. The average Bonchev–Trinajstić information content (AvgIpc) is 2.72. The lowest BCUT2D eigenvalue weighted by Crippen LogP contribution is -2.33. The van der Waals surface area contributed by atoms with Crippen molar-refractivity contribution < 1.29 is 4.74 Å². The molecule has 0 radical (unpaired) electrons. The van der Waals surface area contributed by atoms with Crippen molar-refractivity contribution in [3.05, 3.63) is 12.2 Å². The molecule has 5 nitrogen and oxygen atoms in total. The Kier molecular flexibility index (Phi) is 3.38. The van der Waals surface area contributed by atoms with Gasteiger partial charge in [-0.3, -0.25) is 4.90 Å². The van der Waals surface area contributed by atoms with Crippen LogP contribution in [0.3, 0.4) is 0 Å². The summed E-state index contributed by atoms with van der Waals surface area (Å²) in [7, 11) is 0. The molecule has 1 atom stereocenters. The number of hydrogen-bond acceptors (Lipinski definition) is 4. The minimum Gasteiger partial charge on any atom is -0.376 e. The monoisotopic (exact) mass is 236 g/mol. The number of rotatable bonds is 4. The summed E-state index contributed by atoms with van der Waals surface area (Å²) in [6, 6.07) is 0. The maximum Gasteiger partial charge on any atom is 0.147 e. The maximum absolute atomic E-state index is 5.46. The first-order valence-electron chi connectivity index (χ1n) is 6.62. The van der Waals surface area contributed by atoms with Crippen LogP contribution in [0.15, 0.2) is 6.33 Å². The minimum absolute atomic E-state index is 0.381. The molecule has 94 valence electrons. The molecule has 5 heteroatoms. The molecule has 2 saturated heterocycles. The number of piperidine rings is 1. The van der Waals surface area contributed by atoms with E-state index in [0.29, 0.717) is 6.10 Å². The van der Waals surface area contributed by atoms with Gasteiger partial charge in [-0.1, -0.05) is 6.42 Å². The Morgan fingerprint density at radius 1 is 1.29 bits per heavy atom. The minimum atomic E-state index is 0.381. The van der Waals surface area contributed by atoms with E-state index in [0.717, 1.165) is 25.5 Å². The van der Waals surface area contributed by atoms with Gasteiger partial charge in [0.1, 0.15) is 12.2 Å². The normalized spacial score (nSPS) is 25.8. The summed E-state index contributed by atoms with van der Waals surface area (Å²) in [5.74, 6) is 1.09. The number of ether oxygens (including phenoxy) is 1. The summed E-state index contributed by atoms with van der Waals surface area (Å²) in [6.45, 7) is 5.16. The van der Waals surface area contributed by atoms with Crippen LogP contribution in [0, 0.1) is 0 Å². The predicted molar refractivity (Wildman–Crippen MR) is 63.5 cm³/mol. The van der Waals surface area contributed by atoms with Gasteiger partial charge >= 0.3 is 0 Å². The molecule has 2 aliphatic heterocycles. The molecule has 1 aromatic rings. The highest BCUT2D eigenvalue weighted by Crippen LogP contribution is 2.15. The van der Waals surface area contributed by atoms with E-state index in [1.165, 1.54) is 38.8 Å². The fraction of sp³-hybridized carbons (Fsp3) is 0.833. The van der Waals surface area contributed by atoms with E-state index in [1.807, 2.05) is 6.33 Å². The first-order valence-corrected chi connectivity index (χ1v) is 6.62. The van der Waals surface area contributed by atoms with E-state index in [2.05, 4.69) is 19.7 Å². The quantitative estimate of drug-likeness (QED) is 0.784. The van der Waals surface area contributed by atoms with Crippen molar-refractivity contribution >= 4 is 0 Å². The number of hydrogen-bond donors (Lipinski definition) is 0. The zero-order chi connectivity index (χ0) is 11.5. The highest BCUT2D eigenvalue weighted by atomic mass is 16.5. The average molecular weight is 236 g/mol. The molecule has 3 rings (SSSR count). The SMILES string of the molecule is c1nnc(CN2CCCCC2)n1CC1CCO1. The van der Waals surface area contributed by atoms with E-state index in [-0.39, 0.29) is 0 Å². The second-order valence-electron chi connectivity index (χ2n) is 5.02. The van der Waals surface area contributed by atoms with Gasteiger partial charge in [0.05, 0.1) is 19.2 Å². The van der Waals surface area contributed by atoms with Crippen molar-refractivity contribution in [2.45, 2.75) is 44.9 Å². The van der Waals surface area contributed by atoms with Crippen molar-refractivity contribution in [3.63, 3.8) is 0 Å². The number of nitrogens with zero attached hydrogens (tertiary/aromatic N) is 4. The van der Waals surface area contributed by atoms with Crippen LogP contribution in [-0.4, -0.2) is 45.5 Å². The first kappa shape index (κ1) is 11.2. The van der Waals surface area contributed by atoms with Gasteiger partial charge in [-0.25, -0.2) is 0 Å². The largest absolute Gasteiger partial charge is 0.376 e. The Morgan fingerprint density at radius 3 is 2.82 bits per heavy atom. The fourth-order valence-electron chi connectivity index (χ4n) is 2.52. The molecule has 3 heterocycles. The number of likely N-dealkylation sites (tertiary alicyclic amines) is 1. The molecule has 2 aliphatic rings. The Balaban J connectivity index is 1.59. The van der Waals surface area contributed by atoms with Gasteiger partial charge in [-0.2, -0.15) is 0 Å². The lowest BCUT2D eigenvalue weighted by atomic mass is 10.1. The van der Waals surface area contributed by atoms with Crippen LogP contribution >= 0.6 is 0 Å². The Hall–Kier alpha value is -0.940. The molecular formula is C12H20N4O. The van der Waals surface area contributed by atoms with Crippen molar-refractivity contribution in [2.75, 3.05) is 19.7 Å². The van der Waals surface area contributed by atoms with Crippen LogP contribution in [0.5, 0.6) is 0 Å². The molecule has 1 unspecified atom stereocenters. The standard InChI is InChI=1S/C12H20N4O/c1-2-5-15(6-3-1)9-12-14-13-10-16(12)8-11-4-7-17-11/h10-11H,1-9H2. The summed E-state index contributed by atoms with van der Waals surface area (Å²) >= 11 is 0. The lowest BCUT2D eigenvalue weighted by Gasteiger charge is -2.28. The van der Waals surface area contributed by atoms with E-state index in [1.54, 1.807) is 0 Å². The van der Waals surface area contributed by atoms with Crippen LogP contribution in [0.2, 0.25) is 0 Å². The molecule has 0 aliphatic carbocycles. The zero-order valence-electron chi connectivity index (χ0n) is 10.2. The van der Waals surface area contributed by atoms with Crippen LogP contribution < -0.4 is 0 Å². The van der Waals surface area contributed by atoms with Crippen LogP contribution in [-0.2, 0) is 17.8 Å². The van der Waals surface area contributed by atoms with Gasteiger partial charge < -0.3 is 9.30 Å². The Morgan fingerprint density at radius 2 is 2.12 bits per heavy atom. The summed E-state index contributed by atoms with van der Waals surface area (Å²) in [6.07, 6.45) is 7.40. The number of aromatic nitrogens is 3. The molecule has 0 spiro atoms. The lowest BCUT2D eigenvalue weighted by molar-refractivity contribution is -0.0598. The third kappa shape index (κ3) is 2.66. The topological polar surface area (TPSA) is 43.2 Å². The van der Waals surface area contributed by atoms with Crippen LogP contribution in [0.25, 0.3) is 0 Å². The molecule has 2 fully saturated rings. The van der Waals surface area contributed by atoms with Crippen molar-refractivity contribution in [1.82, 2.24) is 19.7 Å². The summed E-state index contributed by atoms with van der Waals surface area (Å²) in [5.41, 5.74) is 0. The predicted octanol–water partition coefficient (Wildman–Crippen LogP) is 1.05. The molecule has 17 heavy (non-hydrogen) atoms. The van der Waals surface area contributed by atoms with Gasteiger partial charge in [0.15, 0.2) is 0 Å². The molecule has 0 bridgehead atoms. The van der Waals surface area contributed by atoms with E-state index >= 15 is 0 Å². The van der Waals surface area contributed by atoms with Crippen molar-refractivity contribution in [2.24, 2.45) is 0 Å². The van der Waals surface area contributed by atoms with E-state index in [9.17, 15) is 0 Å². The van der Waals surface area contributed by atoms with Crippen molar-refractivity contribution in [3.8, 4) is 0 Å². The van der Waals surface area contributed by atoms with Gasteiger partial charge in [-0.05, 0) is 32.4 Å². The second-order valence-corrected chi connectivity index (χ2v) is 5.02. The summed E-state index contributed by atoms with van der Waals surface area (Å²) in [5, 5.41) is 8.27. The summed E-state index contributed by atoms with van der Waals surface area (Å²) in [4.78, 5) is 2.48. The van der Waals surface area contributed by atoms with Crippen molar-refractivity contribution in [1.29, 1.82) is 0 Å². The highest BCUT2D eigenvalue weighted by Gasteiger charge is 2.21. The van der Waals surface area contributed by atoms with Crippen LogP contribution in [0.1, 0.15) is 31.5 Å². The van der Waals surface area contributed by atoms with Gasteiger partial charge in [0.2, 0.25) is 0 Å². The first-order chi connectivity index (χ1) is 8.42. The summed E-state index contributed by atoms with van der Waals surface area (Å²) < 4.78 is 7.61. The molecular weight excluding hydrogens is 216 g/mol. The highest BCUT2D eigenvalue weighted by molar-refractivity contribution is 4.88. The zero-order valence-corrected chi connectivity index (χ0v) is 10.2. The third-order valence-corrected chi connectivity index (χ3v) is 3.70. The maximum atomic E-state index is 5.46. The van der Waals surface area contributed by atoms with Gasteiger partial charge in [0.25, 0.3) is 0 Å².